The first-order chi connectivity index (χ1) is 4.76. The minimum Gasteiger partial charge on any atom is -0.461 e. The van der Waals surface area contributed by atoms with Gasteiger partial charge < -0.3 is 4.74 Å². The van der Waals surface area contributed by atoms with Gasteiger partial charge in [-0.05, 0) is 20.6 Å². The van der Waals surface area contributed by atoms with E-state index in [-0.39, 0.29) is 5.70 Å². The van der Waals surface area contributed by atoms with E-state index < -0.39 is 5.97 Å². The maximum atomic E-state index is 10.8. The number of hydrogen-bond donors (Lipinski definition) is 0. The van der Waals surface area contributed by atoms with Crippen molar-refractivity contribution in [3.05, 3.63) is 11.8 Å². The van der Waals surface area contributed by atoms with E-state index in [1.54, 1.807) is 19.9 Å². The minimum absolute atomic E-state index is 0.266. The Labute approximate surface area is 60.4 Å². The first kappa shape index (κ1) is 8.88. The van der Waals surface area contributed by atoms with Crippen molar-refractivity contribution in [3.63, 3.8) is 0 Å². The predicted molar refractivity (Wildman–Crippen MR) is 39.9 cm³/mol. The van der Waals surface area contributed by atoms with Crippen LogP contribution in [0.5, 0.6) is 0 Å². The van der Waals surface area contributed by atoms with Gasteiger partial charge in [-0.15, -0.1) is 0 Å². The molecule has 0 heterocycles. The van der Waals surface area contributed by atoms with E-state index in [0.717, 1.165) is 0 Å². The summed E-state index contributed by atoms with van der Waals surface area (Å²) >= 11 is 0. The molecule has 0 spiro atoms. The molecular weight excluding hydrogens is 130 g/mol. The number of aliphatic imine (C=N–C) groups is 1. The fourth-order valence-corrected chi connectivity index (χ4v) is 0.479. The van der Waals surface area contributed by atoms with Crippen LogP contribution in [0.4, 0.5) is 0 Å². The molecule has 10 heavy (non-hydrogen) atoms. The quantitative estimate of drug-likeness (QED) is 0.336. The Kier molecular flexibility index (Phi) is 4.20. The molecule has 3 heteroatoms. The Bertz CT molecular complexity index is 161. The van der Waals surface area contributed by atoms with Crippen molar-refractivity contribution in [3.8, 4) is 0 Å². The lowest BCUT2D eigenvalue weighted by molar-refractivity contribution is -0.138. The Morgan fingerprint density at radius 1 is 1.80 bits per heavy atom. The van der Waals surface area contributed by atoms with E-state index in [4.69, 9.17) is 0 Å². The van der Waals surface area contributed by atoms with Gasteiger partial charge in [0.1, 0.15) is 5.70 Å². The number of hydrogen-bond acceptors (Lipinski definition) is 3. The molecular formula is C7H11NO2. The van der Waals surface area contributed by atoms with Gasteiger partial charge in [-0.2, -0.15) is 0 Å². The molecule has 0 aliphatic rings. The van der Waals surface area contributed by atoms with Crippen LogP contribution >= 0.6 is 0 Å². The molecule has 0 aromatic heterocycles. The fourth-order valence-electron chi connectivity index (χ4n) is 0.479. The average Bonchev–Trinajstić information content (AvgIpc) is 1.91. The molecule has 0 amide bonds. The Morgan fingerprint density at radius 2 is 2.40 bits per heavy atom. The molecule has 0 radical (unpaired) electrons. The van der Waals surface area contributed by atoms with Crippen molar-refractivity contribution in [1.82, 2.24) is 0 Å². The van der Waals surface area contributed by atoms with Crippen molar-refractivity contribution < 1.29 is 9.53 Å². The molecule has 0 bridgehead atoms. The zero-order valence-electron chi connectivity index (χ0n) is 6.26. The normalized spacial score (nSPS) is 10.8. The lowest BCUT2D eigenvalue weighted by Gasteiger charge is -1.98. The third-order valence-electron chi connectivity index (χ3n) is 0.928. The standard InChI is InChI=1S/C7H11NO2/c1-4-6(8-3)7(9)10-5-2/h4H,3,5H2,1-2H3/b6-4-. The lowest BCUT2D eigenvalue weighted by Crippen LogP contribution is -2.05. The van der Waals surface area contributed by atoms with Crippen LogP contribution in [-0.2, 0) is 9.53 Å². The second-order valence-electron chi connectivity index (χ2n) is 1.55. The van der Waals surface area contributed by atoms with Gasteiger partial charge in [-0.3, -0.25) is 4.99 Å². The number of allylic oxidation sites excluding steroid dienone is 1. The van der Waals surface area contributed by atoms with Crippen LogP contribution in [0.25, 0.3) is 0 Å². The molecule has 56 valence electrons. The summed E-state index contributed by atoms with van der Waals surface area (Å²) < 4.78 is 4.64. The van der Waals surface area contributed by atoms with E-state index in [0.29, 0.717) is 6.61 Å². The molecule has 0 aromatic carbocycles. The topological polar surface area (TPSA) is 38.7 Å². The molecule has 0 rings (SSSR count). The molecule has 3 nitrogen and oxygen atoms in total. The zero-order chi connectivity index (χ0) is 7.98. The summed E-state index contributed by atoms with van der Waals surface area (Å²) in [5, 5.41) is 0. The largest absolute Gasteiger partial charge is 0.461 e. The second-order valence-corrected chi connectivity index (χ2v) is 1.55. The highest BCUT2D eigenvalue weighted by Crippen LogP contribution is 1.97. The summed E-state index contributed by atoms with van der Waals surface area (Å²) in [5.74, 6) is -0.417. The van der Waals surface area contributed by atoms with Crippen molar-refractivity contribution in [2.45, 2.75) is 13.8 Å². The summed E-state index contributed by atoms with van der Waals surface area (Å²) in [6, 6.07) is 0. The molecule has 0 N–H and O–H groups in total. The van der Waals surface area contributed by atoms with E-state index in [1.807, 2.05) is 0 Å². The van der Waals surface area contributed by atoms with Gasteiger partial charge in [-0.25, -0.2) is 4.79 Å². The molecule has 0 atom stereocenters. The number of carbonyl (C=O) groups is 1. The van der Waals surface area contributed by atoms with Gasteiger partial charge >= 0.3 is 5.97 Å². The SMILES string of the molecule is C=N/C(=C\C)C(=O)OCC. The first-order valence-electron chi connectivity index (χ1n) is 3.06. The van der Waals surface area contributed by atoms with E-state index in [2.05, 4.69) is 16.4 Å². The summed E-state index contributed by atoms with van der Waals surface area (Å²) in [4.78, 5) is 14.2. The molecule has 0 aromatic rings. The smallest absolute Gasteiger partial charge is 0.356 e. The third-order valence-corrected chi connectivity index (χ3v) is 0.928. The van der Waals surface area contributed by atoms with Gasteiger partial charge in [0, 0.05) is 0 Å². The average molecular weight is 141 g/mol. The van der Waals surface area contributed by atoms with Crippen LogP contribution in [0.2, 0.25) is 0 Å². The number of esters is 1. The molecule has 0 saturated heterocycles. The van der Waals surface area contributed by atoms with Crippen molar-refractivity contribution >= 4 is 12.7 Å². The first-order valence-corrected chi connectivity index (χ1v) is 3.06. The van der Waals surface area contributed by atoms with Gasteiger partial charge in [0.15, 0.2) is 0 Å². The Hall–Kier alpha value is -1.12. The van der Waals surface area contributed by atoms with Crippen LogP contribution in [-0.4, -0.2) is 19.3 Å². The summed E-state index contributed by atoms with van der Waals surface area (Å²) in [6.45, 7) is 7.04. The monoisotopic (exact) mass is 141 g/mol. The maximum Gasteiger partial charge on any atom is 0.356 e. The maximum absolute atomic E-state index is 10.8. The minimum atomic E-state index is -0.417. The number of ether oxygens (including phenoxy) is 1. The fraction of sp³-hybridized carbons (Fsp3) is 0.429. The number of rotatable bonds is 3. The van der Waals surface area contributed by atoms with Crippen LogP contribution in [0.1, 0.15) is 13.8 Å². The summed E-state index contributed by atoms with van der Waals surface area (Å²) in [5.41, 5.74) is 0.266. The molecule has 0 unspecified atom stereocenters. The molecule has 0 fully saturated rings. The Morgan fingerprint density at radius 3 is 2.70 bits per heavy atom. The van der Waals surface area contributed by atoms with Crippen molar-refractivity contribution in [2.75, 3.05) is 6.61 Å². The third kappa shape index (κ3) is 2.44. The molecule has 0 saturated carbocycles. The van der Waals surface area contributed by atoms with Gasteiger partial charge in [-0.1, -0.05) is 6.08 Å². The van der Waals surface area contributed by atoms with Crippen LogP contribution in [0.15, 0.2) is 16.8 Å². The van der Waals surface area contributed by atoms with Crippen LogP contribution < -0.4 is 0 Å². The van der Waals surface area contributed by atoms with Gasteiger partial charge in [0.2, 0.25) is 0 Å². The highest BCUT2D eigenvalue weighted by Gasteiger charge is 2.04. The van der Waals surface area contributed by atoms with E-state index in [9.17, 15) is 4.79 Å². The zero-order valence-corrected chi connectivity index (χ0v) is 6.26. The highest BCUT2D eigenvalue weighted by molar-refractivity contribution is 5.88. The summed E-state index contributed by atoms with van der Waals surface area (Å²) in [7, 11) is 0. The predicted octanol–water partition coefficient (Wildman–Crippen LogP) is 1.15. The van der Waals surface area contributed by atoms with Gasteiger partial charge in [0.25, 0.3) is 0 Å². The molecule has 0 aliphatic heterocycles. The van der Waals surface area contributed by atoms with Crippen LogP contribution in [0, 0.1) is 0 Å². The van der Waals surface area contributed by atoms with Gasteiger partial charge in [0.05, 0.1) is 6.61 Å². The van der Waals surface area contributed by atoms with Crippen LogP contribution in [0.3, 0.4) is 0 Å². The van der Waals surface area contributed by atoms with Crippen molar-refractivity contribution in [2.24, 2.45) is 4.99 Å². The number of nitrogens with zero attached hydrogens (tertiary/aromatic N) is 1. The second kappa shape index (κ2) is 4.73. The highest BCUT2D eigenvalue weighted by atomic mass is 16.5. The Balaban J connectivity index is 4.04. The van der Waals surface area contributed by atoms with E-state index in [1.165, 1.54) is 0 Å². The van der Waals surface area contributed by atoms with E-state index >= 15 is 0 Å². The lowest BCUT2D eigenvalue weighted by atomic mass is 10.4. The van der Waals surface area contributed by atoms with Crippen molar-refractivity contribution in [1.29, 1.82) is 0 Å². The molecule has 0 aliphatic carbocycles. The number of carbonyl (C=O) groups excluding carboxylic acids is 1. The summed E-state index contributed by atoms with van der Waals surface area (Å²) in [6.07, 6.45) is 1.56.